The van der Waals surface area contributed by atoms with Crippen molar-refractivity contribution in [2.24, 2.45) is 0 Å². The molecular formula is C15H23FN2O2S. The van der Waals surface area contributed by atoms with Crippen molar-refractivity contribution in [2.45, 2.75) is 32.4 Å². The minimum atomic E-state index is -0.948. The van der Waals surface area contributed by atoms with Gasteiger partial charge in [-0.25, -0.2) is 9.18 Å². The van der Waals surface area contributed by atoms with E-state index >= 15 is 0 Å². The number of amides is 2. The van der Waals surface area contributed by atoms with Crippen molar-refractivity contribution >= 4 is 17.8 Å². The van der Waals surface area contributed by atoms with Crippen molar-refractivity contribution in [2.75, 3.05) is 18.6 Å². The first-order chi connectivity index (χ1) is 9.75. The molecule has 1 aromatic rings. The Bertz CT molecular complexity index is 495. The van der Waals surface area contributed by atoms with Gasteiger partial charge >= 0.3 is 6.03 Å². The maximum absolute atomic E-state index is 13.5. The van der Waals surface area contributed by atoms with Crippen LogP contribution >= 0.6 is 11.8 Å². The molecule has 3 N–H and O–H groups in total. The number of rotatable bonds is 6. The van der Waals surface area contributed by atoms with Gasteiger partial charge in [-0.05, 0) is 44.2 Å². The first-order valence-electron chi connectivity index (χ1n) is 6.77. The van der Waals surface area contributed by atoms with Crippen LogP contribution in [0.1, 0.15) is 31.0 Å². The monoisotopic (exact) mass is 314 g/mol. The Morgan fingerprint density at radius 3 is 2.76 bits per heavy atom. The predicted molar refractivity (Wildman–Crippen MR) is 85.1 cm³/mol. The zero-order chi connectivity index (χ0) is 16.0. The van der Waals surface area contributed by atoms with E-state index in [9.17, 15) is 14.3 Å². The van der Waals surface area contributed by atoms with Crippen LogP contribution in [0.4, 0.5) is 9.18 Å². The molecule has 4 nitrogen and oxygen atoms in total. The van der Waals surface area contributed by atoms with Crippen LogP contribution in [0.15, 0.2) is 18.2 Å². The number of aryl methyl sites for hydroxylation is 1. The van der Waals surface area contributed by atoms with Crippen LogP contribution in [-0.2, 0) is 0 Å². The second kappa shape index (κ2) is 7.66. The van der Waals surface area contributed by atoms with Gasteiger partial charge in [0.25, 0.3) is 0 Å². The molecule has 0 aromatic heterocycles. The molecule has 1 aromatic carbocycles. The molecule has 0 fully saturated rings. The van der Waals surface area contributed by atoms with Gasteiger partial charge in [0.05, 0.1) is 11.6 Å². The minimum absolute atomic E-state index is 0.161. The number of carbonyl (C=O) groups excluding carboxylic acids is 1. The third-order valence-electron chi connectivity index (χ3n) is 3.13. The molecule has 0 bridgehead atoms. The van der Waals surface area contributed by atoms with Gasteiger partial charge in [0.1, 0.15) is 5.82 Å². The summed E-state index contributed by atoms with van der Waals surface area (Å²) < 4.78 is 13.5. The fourth-order valence-corrected chi connectivity index (χ4v) is 2.57. The molecule has 0 saturated heterocycles. The number of urea groups is 1. The van der Waals surface area contributed by atoms with Crippen LogP contribution in [0.5, 0.6) is 0 Å². The summed E-state index contributed by atoms with van der Waals surface area (Å²) in [5.74, 6) is 0.246. The maximum Gasteiger partial charge on any atom is 0.315 e. The van der Waals surface area contributed by atoms with Gasteiger partial charge in [0.2, 0.25) is 0 Å². The van der Waals surface area contributed by atoms with Crippen molar-refractivity contribution < 1.29 is 14.3 Å². The quantitative estimate of drug-likeness (QED) is 0.756. The lowest BCUT2D eigenvalue weighted by Gasteiger charge is -2.23. The molecule has 0 heterocycles. The zero-order valence-corrected chi connectivity index (χ0v) is 13.7. The molecule has 2 atom stereocenters. The molecule has 118 valence electrons. The number of thioether (sulfide) groups is 1. The summed E-state index contributed by atoms with van der Waals surface area (Å²) in [7, 11) is 0. The second-order valence-corrected chi connectivity index (χ2v) is 6.35. The van der Waals surface area contributed by atoms with Crippen LogP contribution in [0.25, 0.3) is 0 Å². The second-order valence-electron chi connectivity index (χ2n) is 5.49. The molecule has 2 amide bonds. The molecule has 0 aliphatic heterocycles. The first kappa shape index (κ1) is 17.8. The van der Waals surface area contributed by atoms with Crippen LogP contribution in [0.3, 0.4) is 0 Å². The molecule has 0 radical (unpaired) electrons. The van der Waals surface area contributed by atoms with Crippen molar-refractivity contribution in [3.63, 3.8) is 0 Å². The minimum Gasteiger partial charge on any atom is -0.387 e. The third-order valence-corrected chi connectivity index (χ3v) is 4.04. The highest BCUT2D eigenvalue weighted by atomic mass is 32.2. The van der Waals surface area contributed by atoms with E-state index in [0.717, 1.165) is 0 Å². The van der Waals surface area contributed by atoms with Gasteiger partial charge in [-0.3, -0.25) is 0 Å². The molecular weight excluding hydrogens is 291 g/mol. The van der Waals surface area contributed by atoms with E-state index in [4.69, 9.17) is 0 Å². The summed E-state index contributed by atoms with van der Waals surface area (Å²) in [4.78, 5) is 11.8. The largest absolute Gasteiger partial charge is 0.387 e. The Morgan fingerprint density at radius 1 is 1.52 bits per heavy atom. The Hall–Kier alpha value is -1.27. The summed E-state index contributed by atoms with van der Waals surface area (Å²) in [6, 6.07) is 4.19. The predicted octanol–water partition coefficient (Wildman–Crippen LogP) is 2.61. The van der Waals surface area contributed by atoms with Crippen molar-refractivity contribution in [1.82, 2.24) is 10.6 Å². The standard InChI is InChI=1S/C15H23FN2O2S/c1-10-5-6-12(7-13(10)16)11(2)18-14(19)17-8-15(3,20)9-21-4/h5-7,11,20H,8-9H2,1-4H3,(H2,17,18,19). The molecule has 6 heteroatoms. The molecule has 1 rings (SSSR count). The Morgan fingerprint density at radius 2 is 2.19 bits per heavy atom. The van der Waals surface area contributed by atoms with Gasteiger partial charge < -0.3 is 15.7 Å². The highest BCUT2D eigenvalue weighted by Gasteiger charge is 2.21. The molecule has 0 aliphatic carbocycles. The fraction of sp³-hybridized carbons (Fsp3) is 0.533. The summed E-state index contributed by atoms with van der Waals surface area (Å²) in [5, 5.41) is 15.3. The lowest BCUT2D eigenvalue weighted by atomic mass is 10.1. The maximum atomic E-state index is 13.5. The number of benzene rings is 1. The smallest absolute Gasteiger partial charge is 0.315 e. The van der Waals surface area contributed by atoms with Gasteiger partial charge in [-0.15, -0.1) is 0 Å². The lowest BCUT2D eigenvalue weighted by molar-refractivity contribution is 0.0868. The molecule has 0 aliphatic rings. The van der Waals surface area contributed by atoms with Crippen LogP contribution in [0, 0.1) is 12.7 Å². The number of aliphatic hydroxyl groups is 1. The topological polar surface area (TPSA) is 61.4 Å². The average Bonchev–Trinajstić information content (AvgIpc) is 2.39. The summed E-state index contributed by atoms with van der Waals surface area (Å²) in [5.41, 5.74) is 0.323. The Balaban J connectivity index is 2.52. The van der Waals surface area contributed by atoms with Crippen molar-refractivity contribution in [1.29, 1.82) is 0 Å². The van der Waals surface area contributed by atoms with E-state index in [2.05, 4.69) is 10.6 Å². The Labute approximate surface area is 129 Å². The van der Waals surface area contributed by atoms with E-state index in [-0.39, 0.29) is 24.4 Å². The average molecular weight is 314 g/mol. The number of hydrogen-bond donors (Lipinski definition) is 3. The van der Waals surface area contributed by atoms with E-state index in [0.29, 0.717) is 16.9 Å². The molecule has 0 spiro atoms. The molecule has 2 unspecified atom stereocenters. The van der Waals surface area contributed by atoms with Gasteiger partial charge in [-0.1, -0.05) is 12.1 Å². The molecule has 21 heavy (non-hydrogen) atoms. The highest BCUT2D eigenvalue weighted by Crippen LogP contribution is 2.16. The zero-order valence-electron chi connectivity index (χ0n) is 12.9. The van der Waals surface area contributed by atoms with E-state index in [1.807, 2.05) is 6.26 Å². The van der Waals surface area contributed by atoms with E-state index in [1.54, 1.807) is 32.9 Å². The fourth-order valence-electron chi connectivity index (χ4n) is 1.84. The Kier molecular flexibility index (Phi) is 6.48. The summed E-state index contributed by atoms with van der Waals surface area (Å²) in [6.07, 6.45) is 1.89. The lowest BCUT2D eigenvalue weighted by Crippen LogP contribution is -2.46. The van der Waals surface area contributed by atoms with Gasteiger partial charge in [0, 0.05) is 12.3 Å². The normalized spacial score (nSPS) is 15.1. The van der Waals surface area contributed by atoms with Gasteiger partial charge in [-0.2, -0.15) is 11.8 Å². The van der Waals surface area contributed by atoms with E-state index in [1.165, 1.54) is 17.8 Å². The number of hydrogen-bond acceptors (Lipinski definition) is 3. The van der Waals surface area contributed by atoms with Gasteiger partial charge in [0.15, 0.2) is 0 Å². The first-order valence-corrected chi connectivity index (χ1v) is 8.16. The van der Waals surface area contributed by atoms with Crippen molar-refractivity contribution in [3.8, 4) is 0 Å². The third kappa shape index (κ3) is 5.93. The van der Waals surface area contributed by atoms with E-state index < -0.39 is 5.60 Å². The number of halogens is 1. The van der Waals surface area contributed by atoms with Crippen molar-refractivity contribution in [3.05, 3.63) is 35.1 Å². The number of nitrogens with one attached hydrogen (secondary N) is 2. The van der Waals surface area contributed by atoms with Crippen LogP contribution < -0.4 is 10.6 Å². The highest BCUT2D eigenvalue weighted by molar-refractivity contribution is 7.98. The number of carbonyl (C=O) groups is 1. The van der Waals surface area contributed by atoms with Crippen LogP contribution in [0.2, 0.25) is 0 Å². The van der Waals surface area contributed by atoms with Crippen LogP contribution in [-0.4, -0.2) is 35.3 Å². The summed E-state index contributed by atoms with van der Waals surface area (Å²) >= 11 is 1.51. The SMILES string of the molecule is CSCC(C)(O)CNC(=O)NC(C)c1ccc(C)c(F)c1. The summed E-state index contributed by atoms with van der Waals surface area (Å²) in [6.45, 7) is 5.30. The molecule has 0 saturated carbocycles.